The number of anilines is 1. The molecule has 282 valence electrons. The van der Waals surface area contributed by atoms with Gasteiger partial charge in [0.25, 0.3) is 5.91 Å². The Bertz CT molecular complexity index is 1950. The van der Waals surface area contributed by atoms with E-state index in [-0.39, 0.29) is 37.8 Å². The van der Waals surface area contributed by atoms with Crippen molar-refractivity contribution in [3.63, 3.8) is 0 Å². The van der Waals surface area contributed by atoms with E-state index in [1.165, 1.54) is 11.1 Å². The minimum Gasteiger partial charge on any atom is -0.493 e. The Hall–Kier alpha value is -5.27. The minimum absolute atomic E-state index is 0.0176. The Kier molecular flexibility index (Phi) is 11.3. The average molecular weight is 736 g/mol. The zero-order valence-corrected chi connectivity index (χ0v) is 30.6. The van der Waals surface area contributed by atoms with Crippen LogP contribution in [0, 0.1) is 5.92 Å². The normalized spacial score (nSPS) is 22.8. The summed E-state index contributed by atoms with van der Waals surface area (Å²) in [4.78, 5) is 42.3. The van der Waals surface area contributed by atoms with Crippen LogP contribution in [0.4, 0.5) is 10.5 Å². The molecule has 5 atom stereocenters. The molecule has 54 heavy (non-hydrogen) atoms. The van der Waals surface area contributed by atoms with Crippen LogP contribution in [-0.4, -0.2) is 67.4 Å². The SMILES string of the molecule is COc1cc2c(cc1OC)CN(C[C@H]1O[C@@H](c3ccc(N4C(=O)CC(NC(=O)OCc5ccccc5)C4=O)cc3)O[C@@H](c3ccc(CO)cc3)[C@H]1C)CC2. The molecule has 12 nitrogen and oxygen atoms in total. The molecule has 4 aromatic carbocycles. The highest BCUT2D eigenvalue weighted by atomic mass is 16.7. The first-order chi connectivity index (χ1) is 26.2. The molecule has 0 aromatic heterocycles. The molecule has 3 aliphatic heterocycles. The first kappa shape index (κ1) is 37.1. The van der Waals surface area contributed by atoms with Crippen molar-refractivity contribution in [1.29, 1.82) is 0 Å². The van der Waals surface area contributed by atoms with Gasteiger partial charge in [-0.25, -0.2) is 9.69 Å². The summed E-state index contributed by atoms with van der Waals surface area (Å²) >= 11 is 0. The molecule has 12 heteroatoms. The number of ether oxygens (including phenoxy) is 5. The van der Waals surface area contributed by atoms with Crippen LogP contribution in [0.2, 0.25) is 0 Å². The number of amides is 3. The van der Waals surface area contributed by atoms with Crippen LogP contribution in [0.3, 0.4) is 0 Å². The first-order valence-electron chi connectivity index (χ1n) is 18.1. The Morgan fingerprint density at radius 1 is 0.870 bits per heavy atom. The third-order valence-corrected chi connectivity index (χ3v) is 10.4. The molecule has 4 aromatic rings. The maximum absolute atomic E-state index is 13.3. The molecule has 7 rings (SSSR count). The average Bonchev–Trinajstić information content (AvgIpc) is 3.48. The zero-order chi connectivity index (χ0) is 37.8. The quantitative estimate of drug-likeness (QED) is 0.187. The Morgan fingerprint density at radius 2 is 1.56 bits per heavy atom. The topological polar surface area (TPSA) is 136 Å². The number of fused-ring (bicyclic) bond motifs is 1. The van der Waals surface area contributed by atoms with Gasteiger partial charge in [0.1, 0.15) is 12.6 Å². The fourth-order valence-corrected chi connectivity index (χ4v) is 7.38. The molecule has 0 saturated carbocycles. The van der Waals surface area contributed by atoms with E-state index >= 15 is 0 Å². The number of methoxy groups -OCH3 is 2. The number of carbonyl (C=O) groups excluding carboxylic acids is 3. The zero-order valence-electron chi connectivity index (χ0n) is 30.6. The molecule has 3 aliphatic rings. The molecule has 2 N–H and O–H groups in total. The van der Waals surface area contributed by atoms with Crippen LogP contribution < -0.4 is 19.7 Å². The first-order valence-corrected chi connectivity index (χ1v) is 18.1. The van der Waals surface area contributed by atoms with E-state index in [4.69, 9.17) is 23.7 Å². The van der Waals surface area contributed by atoms with Crippen molar-refractivity contribution >= 4 is 23.6 Å². The number of hydrogen-bond donors (Lipinski definition) is 2. The van der Waals surface area contributed by atoms with Gasteiger partial charge in [0.2, 0.25) is 5.91 Å². The molecule has 3 heterocycles. The van der Waals surface area contributed by atoms with Gasteiger partial charge in [-0.1, -0.05) is 73.7 Å². The van der Waals surface area contributed by atoms with E-state index in [1.807, 2.05) is 54.6 Å². The second-order valence-electron chi connectivity index (χ2n) is 13.9. The van der Waals surface area contributed by atoms with E-state index in [2.05, 4.69) is 29.3 Å². The largest absolute Gasteiger partial charge is 0.493 e. The van der Waals surface area contributed by atoms with Gasteiger partial charge >= 0.3 is 6.09 Å². The van der Waals surface area contributed by atoms with E-state index in [9.17, 15) is 19.5 Å². The molecule has 3 amide bonds. The summed E-state index contributed by atoms with van der Waals surface area (Å²) in [6.45, 7) is 4.38. The van der Waals surface area contributed by atoms with Crippen molar-refractivity contribution in [2.45, 2.75) is 64.1 Å². The second kappa shape index (κ2) is 16.4. The number of benzene rings is 4. The highest BCUT2D eigenvalue weighted by molar-refractivity contribution is 6.22. The molecule has 0 bridgehead atoms. The van der Waals surface area contributed by atoms with E-state index in [0.717, 1.165) is 52.4 Å². The van der Waals surface area contributed by atoms with Gasteiger partial charge in [0.05, 0.1) is 45.1 Å². The maximum Gasteiger partial charge on any atom is 0.408 e. The van der Waals surface area contributed by atoms with E-state index < -0.39 is 30.2 Å². The van der Waals surface area contributed by atoms with Gasteiger partial charge in [-0.05, 0) is 58.5 Å². The van der Waals surface area contributed by atoms with Gasteiger partial charge in [0.15, 0.2) is 17.8 Å². The van der Waals surface area contributed by atoms with E-state index in [0.29, 0.717) is 18.0 Å². The fraction of sp³-hybridized carbons (Fsp3) is 0.357. The number of nitrogens with zero attached hydrogens (tertiary/aromatic N) is 2. The molecule has 2 saturated heterocycles. The lowest BCUT2D eigenvalue weighted by molar-refractivity contribution is -0.276. The predicted molar refractivity (Wildman–Crippen MR) is 199 cm³/mol. The second-order valence-corrected chi connectivity index (χ2v) is 13.9. The van der Waals surface area contributed by atoms with Crippen molar-refractivity contribution in [3.05, 3.63) is 124 Å². The number of rotatable bonds is 11. The van der Waals surface area contributed by atoms with Crippen LogP contribution in [0.25, 0.3) is 0 Å². The van der Waals surface area contributed by atoms with Crippen molar-refractivity contribution in [2.24, 2.45) is 5.92 Å². The number of aliphatic hydroxyl groups is 1. The standard InChI is InChI=1S/C42H45N3O9/c1-26-37(23-44-18-17-31-19-35(50-2)36(51-3)20-32(31)22-44)53-41(54-39(26)29-11-9-27(24-46)10-12-29)30-13-15-33(16-14-30)45-38(47)21-34(40(45)48)43-42(49)52-25-28-7-5-4-6-8-28/h4-16,19-20,26,34,37,39,41,46H,17-18,21-25H2,1-3H3,(H,43,49)/t26-,34?,37+,39+,41+/m0/s1. The molecule has 2 fully saturated rings. The Labute approximate surface area is 314 Å². The lowest BCUT2D eigenvalue weighted by Gasteiger charge is -2.43. The number of nitrogens with one attached hydrogen (secondary N) is 1. The molecular formula is C42H45N3O9. The summed E-state index contributed by atoms with van der Waals surface area (Å²) in [6.07, 6.45) is -1.33. The minimum atomic E-state index is -1.03. The lowest BCUT2D eigenvalue weighted by Crippen LogP contribution is -2.45. The Balaban J connectivity index is 1.06. The van der Waals surface area contributed by atoms with Crippen molar-refractivity contribution < 1.29 is 43.2 Å². The Morgan fingerprint density at radius 3 is 2.24 bits per heavy atom. The number of aliphatic hydroxyl groups excluding tert-OH is 1. The van der Waals surface area contributed by atoms with Crippen LogP contribution in [0.1, 0.15) is 59.1 Å². The fourth-order valence-electron chi connectivity index (χ4n) is 7.38. The van der Waals surface area contributed by atoms with Gasteiger partial charge in [-0.2, -0.15) is 0 Å². The number of carbonyl (C=O) groups is 3. The highest BCUT2D eigenvalue weighted by Gasteiger charge is 2.42. The summed E-state index contributed by atoms with van der Waals surface area (Å²) in [6, 6.07) is 27.0. The third kappa shape index (κ3) is 7.97. The summed E-state index contributed by atoms with van der Waals surface area (Å²) in [7, 11) is 3.29. The van der Waals surface area contributed by atoms with Gasteiger partial charge in [0, 0.05) is 31.1 Å². The van der Waals surface area contributed by atoms with Crippen molar-refractivity contribution in [3.8, 4) is 11.5 Å². The van der Waals surface area contributed by atoms with E-state index in [1.54, 1.807) is 38.5 Å². The predicted octanol–water partition coefficient (Wildman–Crippen LogP) is 5.60. The molecule has 0 aliphatic carbocycles. The lowest BCUT2D eigenvalue weighted by atomic mass is 9.89. The molecular weight excluding hydrogens is 690 g/mol. The highest BCUT2D eigenvalue weighted by Crippen LogP contribution is 2.43. The summed E-state index contributed by atoms with van der Waals surface area (Å²) in [5, 5.41) is 12.2. The third-order valence-electron chi connectivity index (χ3n) is 10.4. The number of alkyl carbamates (subject to hydrolysis) is 1. The number of hydrogen-bond acceptors (Lipinski definition) is 10. The molecule has 0 radical (unpaired) electrons. The molecule has 0 spiro atoms. The monoisotopic (exact) mass is 735 g/mol. The van der Waals surface area contributed by atoms with Gasteiger partial charge < -0.3 is 34.1 Å². The van der Waals surface area contributed by atoms with Crippen LogP contribution >= 0.6 is 0 Å². The van der Waals surface area contributed by atoms with Crippen molar-refractivity contribution in [1.82, 2.24) is 10.2 Å². The maximum atomic E-state index is 13.3. The van der Waals surface area contributed by atoms with Crippen molar-refractivity contribution in [2.75, 3.05) is 32.2 Å². The van der Waals surface area contributed by atoms with Gasteiger partial charge in [-0.3, -0.25) is 14.5 Å². The molecule has 1 unspecified atom stereocenters. The van der Waals surface area contributed by atoms with Crippen LogP contribution in [-0.2, 0) is 50.0 Å². The summed E-state index contributed by atoms with van der Waals surface area (Å²) in [5.74, 6) is 0.453. The smallest absolute Gasteiger partial charge is 0.408 e. The summed E-state index contributed by atoms with van der Waals surface area (Å²) < 4.78 is 29.8. The number of imide groups is 1. The van der Waals surface area contributed by atoms with Crippen LogP contribution in [0.5, 0.6) is 11.5 Å². The summed E-state index contributed by atoms with van der Waals surface area (Å²) in [5.41, 5.74) is 6.14. The van der Waals surface area contributed by atoms with Crippen LogP contribution in [0.15, 0.2) is 91.0 Å². The van der Waals surface area contributed by atoms with Gasteiger partial charge in [-0.15, -0.1) is 0 Å².